The first-order valence-corrected chi connectivity index (χ1v) is 6.07. The third-order valence-corrected chi connectivity index (χ3v) is 3.88. The number of nitrogens with two attached hydrogens (primary N) is 1. The Kier molecular flexibility index (Phi) is 3.48. The Bertz CT molecular complexity index is 437. The van der Waals surface area contributed by atoms with Crippen molar-refractivity contribution in [2.45, 2.75) is 24.8 Å². The van der Waals surface area contributed by atoms with Crippen LogP contribution in [0.5, 0.6) is 0 Å². The van der Waals surface area contributed by atoms with Gasteiger partial charge in [0.2, 0.25) is 10.0 Å². The standard InChI is InChI=1S/C8H16N4O2S/c1-6(4-9)11-15(13,14)8-5-10-12(3)7(8)2/h5-6,11H,4,9H2,1-3H3/t6-/m0/s1. The van der Waals surface area contributed by atoms with Crippen LogP contribution in [-0.4, -0.2) is 30.8 Å². The van der Waals surface area contributed by atoms with Crippen molar-refractivity contribution in [2.24, 2.45) is 12.8 Å². The van der Waals surface area contributed by atoms with Crippen molar-refractivity contribution in [3.05, 3.63) is 11.9 Å². The summed E-state index contributed by atoms with van der Waals surface area (Å²) in [6, 6.07) is -0.283. The first-order chi connectivity index (χ1) is 6.88. The summed E-state index contributed by atoms with van der Waals surface area (Å²) in [5.41, 5.74) is 5.96. The summed E-state index contributed by atoms with van der Waals surface area (Å²) in [6.07, 6.45) is 1.33. The predicted molar refractivity (Wildman–Crippen MR) is 56.8 cm³/mol. The molecule has 0 amide bonds. The second kappa shape index (κ2) is 4.30. The Balaban J connectivity index is 3.02. The topological polar surface area (TPSA) is 90.0 Å². The van der Waals surface area contributed by atoms with Crippen LogP contribution in [0.25, 0.3) is 0 Å². The molecule has 0 radical (unpaired) electrons. The van der Waals surface area contributed by atoms with Gasteiger partial charge in [0.25, 0.3) is 0 Å². The number of sulfonamides is 1. The predicted octanol–water partition coefficient (Wildman–Crippen LogP) is -0.646. The average molecular weight is 232 g/mol. The molecule has 0 saturated carbocycles. The number of hydrogen-bond acceptors (Lipinski definition) is 4. The van der Waals surface area contributed by atoms with Crippen LogP contribution in [0.4, 0.5) is 0 Å². The number of rotatable bonds is 4. The molecule has 0 aliphatic carbocycles. The number of nitrogens with zero attached hydrogens (tertiary/aromatic N) is 2. The number of aromatic nitrogens is 2. The SMILES string of the molecule is Cc1c(S(=O)(=O)N[C@@H](C)CN)cnn1C. The number of hydrogen-bond donors (Lipinski definition) is 2. The maximum atomic E-state index is 11.8. The van der Waals surface area contributed by atoms with Crippen LogP contribution in [-0.2, 0) is 17.1 Å². The van der Waals surface area contributed by atoms with Gasteiger partial charge in [-0.3, -0.25) is 4.68 Å². The highest BCUT2D eigenvalue weighted by Gasteiger charge is 2.21. The molecule has 0 saturated heterocycles. The fourth-order valence-electron chi connectivity index (χ4n) is 1.12. The zero-order valence-electron chi connectivity index (χ0n) is 9.06. The minimum atomic E-state index is -3.49. The van der Waals surface area contributed by atoms with Gasteiger partial charge in [-0.15, -0.1) is 0 Å². The molecule has 3 N–H and O–H groups in total. The summed E-state index contributed by atoms with van der Waals surface area (Å²) in [4.78, 5) is 0.199. The summed E-state index contributed by atoms with van der Waals surface area (Å²) in [5.74, 6) is 0. The third kappa shape index (κ3) is 2.55. The molecule has 15 heavy (non-hydrogen) atoms. The van der Waals surface area contributed by atoms with E-state index in [1.54, 1.807) is 20.9 Å². The van der Waals surface area contributed by atoms with Crippen LogP contribution < -0.4 is 10.5 Å². The second-order valence-electron chi connectivity index (χ2n) is 3.48. The molecule has 6 nitrogen and oxygen atoms in total. The van der Waals surface area contributed by atoms with E-state index in [1.807, 2.05) is 0 Å². The van der Waals surface area contributed by atoms with Gasteiger partial charge in [-0.05, 0) is 13.8 Å². The Morgan fingerprint density at radius 1 is 1.67 bits per heavy atom. The van der Waals surface area contributed by atoms with E-state index in [9.17, 15) is 8.42 Å². The van der Waals surface area contributed by atoms with Crippen LogP contribution in [0.15, 0.2) is 11.1 Å². The molecule has 1 heterocycles. The molecular weight excluding hydrogens is 216 g/mol. The first kappa shape index (κ1) is 12.2. The Morgan fingerprint density at radius 3 is 2.67 bits per heavy atom. The third-order valence-electron chi connectivity index (χ3n) is 2.19. The maximum absolute atomic E-state index is 11.8. The summed E-state index contributed by atoms with van der Waals surface area (Å²) in [7, 11) is -1.80. The van der Waals surface area contributed by atoms with E-state index < -0.39 is 10.0 Å². The van der Waals surface area contributed by atoms with E-state index in [4.69, 9.17) is 5.73 Å². The molecule has 0 aliphatic rings. The highest BCUT2D eigenvalue weighted by Crippen LogP contribution is 2.12. The minimum Gasteiger partial charge on any atom is -0.329 e. The van der Waals surface area contributed by atoms with Crippen molar-refractivity contribution in [1.29, 1.82) is 0 Å². The summed E-state index contributed by atoms with van der Waals surface area (Å²) >= 11 is 0. The molecular formula is C8H16N4O2S. The highest BCUT2D eigenvalue weighted by molar-refractivity contribution is 7.89. The van der Waals surface area contributed by atoms with Gasteiger partial charge in [0.1, 0.15) is 4.90 Å². The van der Waals surface area contributed by atoms with Crippen LogP contribution in [0.3, 0.4) is 0 Å². The van der Waals surface area contributed by atoms with Gasteiger partial charge >= 0.3 is 0 Å². The van der Waals surface area contributed by atoms with Crippen LogP contribution in [0, 0.1) is 6.92 Å². The lowest BCUT2D eigenvalue weighted by atomic mass is 10.4. The fraction of sp³-hybridized carbons (Fsp3) is 0.625. The molecule has 0 aromatic carbocycles. The van der Waals surface area contributed by atoms with Gasteiger partial charge in [-0.2, -0.15) is 5.10 Å². The smallest absolute Gasteiger partial charge is 0.244 e. The molecule has 86 valence electrons. The van der Waals surface area contributed by atoms with Crippen molar-refractivity contribution in [2.75, 3.05) is 6.54 Å². The molecule has 1 rings (SSSR count). The quantitative estimate of drug-likeness (QED) is 0.722. The monoisotopic (exact) mass is 232 g/mol. The summed E-state index contributed by atoms with van der Waals surface area (Å²) < 4.78 is 27.6. The van der Waals surface area contributed by atoms with E-state index in [2.05, 4.69) is 9.82 Å². The second-order valence-corrected chi connectivity index (χ2v) is 5.16. The van der Waals surface area contributed by atoms with Crippen LogP contribution >= 0.6 is 0 Å². The molecule has 0 fully saturated rings. The van der Waals surface area contributed by atoms with Gasteiger partial charge in [-0.25, -0.2) is 13.1 Å². The van der Waals surface area contributed by atoms with Crippen molar-refractivity contribution in [3.63, 3.8) is 0 Å². The lowest BCUT2D eigenvalue weighted by molar-refractivity contribution is 0.561. The zero-order chi connectivity index (χ0) is 11.6. The zero-order valence-corrected chi connectivity index (χ0v) is 9.87. The normalized spacial score (nSPS) is 14.1. The average Bonchev–Trinajstić information content (AvgIpc) is 2.47. The Labute approximate surface area is 89.5 Å². The fourth-order valence-corrected chi connectivity index (χ4v) is 2.58. The van der Waals surface area contributed by atoms with E-state index in [0.29, 0.717) is 5.69 Å². The molecule has 7 heteroatoms. The van der Waals surface area contributed by atoms with E-state index in [1.165, 1.54) is 10.9 Å². The summed E-state index contributed by atoms with van der Waals surface area (Å²) in [6.45, 7) is 3.68. The molecule has 1 aromatic heterocycles. The van der Waals surface area contributed by atoms with Gasteiger partial charge in [-0.1, -0.05) is 0 Å². The van der Waals surface area contributed by atoms with Gasteiger partial charge < -0.3 is 5.73 Å². The lowest BCUT2D eigenvalue weighted by Gasteiger charge is -2.11. The van der Waals surface area contributed by atoms with Crippen LogP contribution in [0.1, 0.15) is 12.6 Å². The molecule has 1 aromatic rings. The lowest BCUT2D eigenvalue weighted by Crippen LogP contribution is -2.37. The first-order valence-electron chi connectivity index (χ1n) is 4.59. The molecule has 0 unspecified atom stereocenters. The van der Waals surface area contributed by atoms with Crippen molar-refractivity contribution < 1.29 is 8.42 Å². The minimum absolute atomic E-state index is 0.199. The van der Waals surface area contributed by atoms with Gasteiger partial charge in [0.15, 0.2) is 0 Å². The largest absolute Gasteiger partial charge is 0.329 e. The highest BCUT2D eigenvalue weighted by atomic mass is 32.2. The maximum Gasteiger partial charge on any atom is 0.244 e. The van der Waals surface area contributed by atoms with E-state index >= 15 is 0 Å². The number of nitrogens with one attached hydrogen (secondary N) is 1. The number of aryl methyl sites for hydroxylation is 1. The van der Waals surface area contributed by atoms with Gasteiger partial charge in [0.05, 0.1) is 11.9 Å². The molecule has 0 spiro atoms. The summed E-state index contributed by atoms with van der Waals surface area (Å²) in [5, 5.41) is 3.88. The van der Waals surface area contributed by atoms with Gasteiger partial charge in [0, 0.05) is 19.6 Å². The van der Waals surface area contributed by atoms with E-state index in [-0.39, 0.29) is 17.5 Å². The van der Waals surface area contributed by atoms with Crippen molar-refractivity contribution in [3.8, 4) is 0 Å². The van der Waals surface area contributed by atoms with Crippen molar-refractivity contribution in [1.82, 2.24) is 14.5 Å². The Morgan fingerprint density at radius 2 is 2.27 bits per heavy atom. The molecule has 0 bridgehead atoms. The Hall–Kier alpha value is -0.920. The molecule has 1 atom stereocenters. The van der Waals surface area contributed by atoms with Crippen LogP contribution in [0.2, 0.25) is 0 Å². The van der Waals surface area contributed by atoms with Crippen molar-refractivity contribution >= 4 is 10.0 Å². The molecule has 0 aliphatic heterocycles. The van der Waals surface area contributed by atoms with E-state index in [0.717, 1.165) is 0 Å².